The Kier molecular flexibility index (Phi) is 7.50. The molecule has 0 bridgehead atoms. The van der Waals surface area contributed by atoms with E-state index in [9.17, 15) is 9.59 Å². The van der Waals surface area contributed by atoms with Crippen LogP contribution in [0.3, 0.4) is 0 Å². The third kappa shape index (κ3) is 5.47. The van der Waals surface area contributed by atoms with Crippen molar-refractivity contribution in [2.24, 2.45) is 0 Å². The van der Waals surface area contributed by atoms with E-state index in [1.54, 1.807) is 25.0 Å². The van der Waals surface area contributed by atoms with Gasteiger partial charge in [-0.1, -0.05) is 30.8 Å². The van der Waals surface area contributed by atoms with Gasteiger partial charge in [0.15, 0.2) is 0 Å². The van der Waals surface area contributed by atoms with Crippen LogP contribution < -0.4 is 15.4 Å². The highest BCUT2D eigenvalue weighted by molar-refractivity contribution is 5.99. The summed E-state index contributed by atoms with van der Waals surface area (Å²) in [6.07, 6.45) is 1.69. The van der Waals surface area contributed by atoms with Crippen LogP contribution in [0.5, 0.6) is 5.75 Å². The molecule has 0 saturated carbocycles. The van der Waals surface area contributed by atoms with Crippen LogP contribution in [0.25, 0.3) is 22.0 Å². The number of methoxy groups -OCH3 is 1. The van der Waals surface area contributed by atoms with Gasteiger partial charge in [0.1, 0.15) is 11.4 Å². The zero-order chi connectivity index (χ0) is 25.7. The Morgan fingerprint density at radius 1 is 1.25 bits per heavy atom. The molecule has 0 radical (unpaired) electrons. The summed E-state index contributed by atoms with van der Waals surface area (Å²) in [7, 11) is 1.60. The van der Waals surface area contributed by atoms with Gasteiger partial charge in [-0.05, 0) is 42.5 Å². The molecule has 1 aliphatic rings. The molecule has 2 amide bonds. The van der Waals surface area contributed by atoms with Crippen molar-refractivity contribution in [1.29, 1.82) is 5.26 Å². The number of hydrogen-bond acceptors (Lipinski definition) is 6. The maximum atomic E-state index is 13.0. The van der Waals surface area contributed by atoms with E-state index in [1.807, 2.05) is 48.5 Å². The number of benzene rings is 2. The number of piperidine rings is 1. The summed E-state index contributed by atoms with van der Waals surface area (Å²) in [6.45, 7) is 6.83. The Balaban J connectivity index is 1.61. The molecule has 2 heterocycles. The zero-order valence-corrected chi connectivity index (χ0v) is 20.5. The highest BCUT2D eigenvalue weighted by Crippen LogP contribution is 2.35. The summed E-state index contributed by atoms with van der Waals surface area (Å²) in [6, 6.07) is 17.1. The number of amides is 2. The first kappa shape index (κ1) is 24.7. The van der Waals surface area contributed by atoms with Crippen molar-refractivity contribution in [3.63, 3.8) is 0 Å². The van der Waals surface area contributed by atoms with Crippen molar-refractivity contribution < 1.29 is 14.3 Å². The second-order valence-corrected chi connectivity index (χ2v) is 8.83. The number of aromatic nitrogens is 1. The zero-order valence-electron chi connectivity index (χ0n) is 20.5. The standard InChI is InChI=1S/C28H29N5O3/c1-18(15-29)16-30-27-23-14-21(10-9-20(23)11-12-26(27)36-3)24-7-4-8-25(32-24)28(35)31-22-6-5-13-33(17-22)19(2)34/h4,7-12,14,22,30H,1,5-6,13,16-17H2,2-3H3,(H,31,35)/t22-/m1/s1. The molecule has 4 rings (SSSR count). The number of pyridine rings is 1. The molecule has 8 nitrogen and oxygen atoms in total. The van der Waals surface area contributed by atoms with Gasteiger partial charge >= 0.3 is 0 Å². The number of ether oxygens (including phenoxy) is 1. The minimum atomic E-state index is -0.257. The third-order valence-electron chi connectivity index (χ3n) is 6.32. The first-order chi connectivity index (χ1) is 17.4. The molecule has 1 atom stereocenters. The van der Waals surface area contributed by atoms with Gasteiger partial charge in [0.25, 0.3) is 5.91 Å². The van der Waals surface area contributed by atoms with Crippen molar-refractivity contribution in [3.05, 3.63) is 66.4 Å². The van der Waals surface area contributed by atoms with E-state index >= 15 is 0 Å². The fourth-order valence-electron chi connectivity index (χ4n) is 4.41. The summed E-state index contributed by atoms with van der Waals surface area (Å²) >= 11 is 0. The number of carbonyl (C=O) groups is 2. The van der Waals surface area contributed by atoms with E-state index in [-0.39, 0.29) is 17.9 Å². The second-order valence-electron chi connectivity index (χ2n) is 8.83. The molecule has 2 N–H and O–H groups in total. The molecule has 3 aromatic rings. The third-order valence-corrected chi connectivity index (χ3v) is 6.32. The molecule has 184 valence electrons. The SMILES string of the molecule is C=C(C#N)CNc1c(OC)ccc2ccc(-c3cccc(C(=O)N[C@@H]4CCCN(C(C)=O)C4)n3)cc12. The predicted molar refractivity (Wildman–Crippen MR) is 140 cm³/mol. The van der Waals surface area contributed by atoms with E-state index in [2.05, 4.69) is 22.2 Å². The molecule has 8 heteroatoms. The topological polar surface area (TPSA) is 107 Å². The fourth-order valence-corrected chi connectivity index (χ4v) is 4.41. The maximum Gasteiger partial charge on any atom is 0.270 e. The van der Waals surface area contributed by atoms with Gasteiger partial charge in [-0.25, -0.2) is 4.98 Å². The van der Waals surface area contributed by atoms with Gasteiger partial charge < -0.3 is 20.3 Å². The fraction of sp³-hybridized carbons (Fsp3) is 0.286. The Bertz CT molecular complexity index is 1360. The summed E-state index contributed by atoms with van der Waals surface area (Å²) in [5.74, 6) is 0.415. The second kappa shape index (κ2) is 10.9. The predicted octanol–water partition coefficient (Wildman–Crippen LogP) is 4.14. The van der Waals surface area contributed by atoms with Crippen LogP contribution in [0.1, 0.15) is 30.3 Å². The Labute approximate surface area is 210 Å². The first-order valence-electron chi connectivity index (χ1n) is 11.9. The molecule has 36 heavy (non-hydrogen) atoms. The van der Waals surface area contributed by atoms with Crippen LogP contribution in [-0.2, 0) is 4.79 Å². The monoisotopic (exact) mass is 483 g/mol. The summed E-state index contributed by atoms with van der Waals surface area (Å²) in [5.41, 5.74) is 2.99. The lowest BCUT2D eigenvalue weighted by Crippen LogP contribution is -2.49. The Morgan fingerprint density at radius 2 is 2.06 bits per heavy atom. The van der Waals surface area contributed by atoms with Crippen LogP contribution in [0.15, 0.2) is 60.7 Å². The van der Waals surface area contributed by atoms with Crippen molar-refractivity contribution in [2.45, 2.75) is 25.8 Å². The quantitative estimate of drug-likeness (QED) is 0.489. The van der Waals surface area contributed by atoms with Gasteiger partial charge in [-0.3, -0.25) is 9.59 Å². The molecule has 1 aliphatic heterocycles. The van der Waals surface area contributed by atoms with Crippen LogP contribution in [0.4, 0.5) is 5.69 Å². The number of nitriles is 1. The molecule has 1 saturated heterocycles. The number of anilines is 1. The number of hydrogen-bond donors (Lipinski definition) is 2. The van der Waals surface area contributed by atoms with E-state index in [4.69, 9.17) is 10.00 Å². The summed E-state index contributed by atoms with van der Waals surface area (Å²) in [4.78, 5) is 31.1. The van der Waals surface area contributed by atoms with Gasteiger partial charge in [0.2, 0.25) is 5.91 Å². The van der Waals surface area contributed by atoms with Gasteiger partial charge in [-0.2, -0.15) is 5.26 Å². The lowest BCUT2D eigenvalue weighted by Gasteiger charge is -2.32. The van der Waals surface area contributed by atoms with Gasteiger partial charge in [-0.15, -0.1) is 0 Å². The largest absolute Gasteiger partial charge is 0.495 e. The molecule has 0 spiro atoms. The van der Waals surface area contributed by atoms with Gasteiger partial charge in [0.05, 0.1) is 24.6 Å². The molecule has 2 aromatic carbocycles. The average molecular weight is 484 g/mol. The van der Waals surface area contributed by atoms with Crippen LogP contribution in [0, 0.1) is 11.3 Å². The molecular formula is C28H29N5O3. The lowest BCUT2D eigenvalue weighted by atomic mass is 10.0. The molecule has 0 aliphatic carbocycles. The highest BCUT2D eigenvalue weighted by Gasteiger charge is 2.23. The van der Waals surface area contributed by atoms with Crippen LogP contribution in [0.2, 0.25) is 0 Å². The minimum absolute atomic E-state index is 0.0211. The van der Waals surface area contributed by atoms with Crippen molar-refractivity contribution >= 4 is 28.3 Å². The van der Waals surface area contributed by atoms with E-state index < -0.39 is 0 Å². The maximum absolute atomic E-state index is 13.0. The molecule has 1 fully saturated rings. The Morgan fingerprint density at radius 3 is 2.81 bits per heavy atom. The number of nitrogens with zero attached hydrogens (tertiary/aromatic N) is 3. The lowest BCUT2D eigenvalue weighted by molar-refractivity contribution is -0.130. The molecule has 0 unspecified atom stereocenters. The van der Waals surface area contributed by atoms with Crippen molar-refractivity contribution in [2.75, 3.05) is 32.1 Å². The number of fused-ring (bicyclic) bond motifs is 1. The van der Waals surface area contributed by atoms with Crippen molar-refractivity contribution in [1.82, 2.24) is 15.2 Å². The molecular weight excluding hydrogens is 454 g/mol. The van der Waals surface area contributed by atoms with Gasteiger partial charge in [0, 0.05) is 49.1 Å². The summed E-state index contributed by atoms with van der Waals surface area (Å²) in [5, 5.41) is 17.3. The van der Waals surface area contributed by atoms with Crippen LogP contribution >= 0.6 is 0 Å². The minimum Gasteiger partial charge on any atom is -0.495 e. The number of rotatable bonds is 7. The number of likely N-dealkylation sites (tertiary alicyclic amines) is 1. The highest BCUT2D eigenvalue weighted by atomic mass is 16.5. The van der Waals surface area contributed by atoms with E-state index in [1.165, 1.54) is 0 Å². The smallest absolute Gasteiger partial charge is 0.270 e. The van der Waals surface area contributed by atoms with Crippen LogP contribution in [-0.4, -0.2) is 54.5 Å². The van der Waals surface area contributed by atoms with Crippen molar-refractivity contribution in [3.8, 4) is 23.1 Å². The van der Waals surface area contributed by atoms with E-state index in [0.29, 0.717) is 35.8 Å². The van der Waals surface area contributed by atoms with E-state index in [0.717, 1.165) is 41.4 Å². The Hall–Kier alpha value is -4.38. The number of nitrogens with one attached hydrogen (secondary N) is 2. The molecule has 1 aromatic heterocycles. The number of carbonyl (C=O) groups excluding carboxylic acids is 2. The normalized spacial score (nSPS) is 15.1. The first-order valence-corrected chi connectivity index (χ1v) is 11.9. The summed E-state index contributed by atoms with van der Waals surface area (Å²) < 4.78 is 5.54. The average Bonchev–Trinajstić information content (AvgIpc) is 2.91.